The summed E-state index contributed by atoms with van der Waals surface area (Å²) in [7, 11) is 0. The van der Waals surface area contributed by atoms with Crippen molar-refractivity contribution in [1.82, 2.24) is 20.3 Å². The minimum absolute atomic E-state index is 0.323. The minimum Gasteiger partial charge on any atom is -0.328 e. The van der Waals surface area contributed by atoms with Gasteiger partial charge in [0.2, 0.25) is 5.95 Å². The molecule has 1 atom stereocenters. The SMILES string of the molecule is C#CC(NCCC)Nc1ncnc(NOC(C)(C)C)n1. The van der Waals surface area contributed by atoms with Crippen LogP contribution in [-0.4, -0.2) is 33.3 Å². The third-order valence-corrected chi connectivity index (χ3v) is 2.06. The third-order valence-electron chi connectivity index (χ3n) is 2.06. The van der Waals surface area contributed by atoms with E-state index in [-0.39, 0.29) is 11.8 Å². The van der Waals surface area contributed by atoms with E-state index in [1.807, 2.05) is 20.8 Å². The number of rotatable bonds is 7. The Morgan fingerprint density at radius 2 is 2.05 bits per heavy atom. The monoisotopic (exact) mass is 278 g/mol. The van der Waals surface area contributed by atoms with E-state index < -0.39 is 0 Å². The molecule has 7 nitrogen and oxygen atoms in total. The summed E-state index contributed by atoms with van der Waals surface area (Å²) in [6, 6.07) is 0. The fourth-order valence-corrected chi connectivity index (χ4v) is 1.18. The van der Waals surface area contributed by atoms with Gasteiger partial charge in [-0.2, -0.15) is 9.97 Å². The Hall–Kier alpha value is -1.91. The molecule has 7 heteroatoms. The molecule has 0 amide bonds. The fraction of sp³-hybridized carbons (Fsp3) is 0.615. The second-order valence-electron chi connectivity index (χ2n) is 5.15. The first-order valence-electron chi connectivity index (χ1n) is 6.53. The first-order chi connectivity index (χ1) is 9.44. The highest BCUT2D eigenvalue weighted by Gasteiger charge is 2.12. The molecule has 0 aromatic carbocycles. The van der Waals surface area contributed by atoms with Gasteiger partial charge in [-0.3, -0.25) is 10.2 Å². The van der Waals surface area contributed by atoms with E-state index >= 15 is 0 Å². The van der Waals surface area contributed by atoms with Crippen molar-refractivity contribution in [1.29, 1.82) is 0 Å². The van der Waals surface area contributed by atoms with E-state index in [4.69, 9.17) is 11.3 Å². The maximum Gasteiger partial charge on any atom is 0.251 e. The Bertz CT molecular complexity index is 451. The van der Waals surface area contributed by atoms with E-state index in [2.05, 4.69) is 43.9 Å². The fourth-order valence-electron chi connectivity index (χ4n) is 1.18. The molecule has 110 valence electrons. The van der Waals surface area contributed by atoms with Gasteiger partial charge in [0.25, 0.3) is 5.95 Å². The summed E-state index contributed by atoms with van der Waals surface area (Å²) in [5.74, 6) is 3.29. The van der Waals surface area contributed by atoms with Crippen LogP contribution in [0.3, 0.4) is 0 Å². The van der Waals surface area contributed by atoms with Crippen molar-refractivity contribution in [2.45, 2.75) is 45.9 Å². The summed E-state index contributed by atoms with van der Waals surface area (Å²) >= 11 is 0. The zero-order chi connectivity index (χ0) is 15.0. The van der Waals surface area contributed by atoms with Crippen molar-refractivity contribution >= 4 is 11.9 Å². The second kappa shape index (κ2) is 7.62. The number of hydrogen-bond acceptors (Lipinski definition) is 7. The number of terminal acetylenes is 1. The van der Waals surface area contributed by atoms with Crippen molar-refractivity contribution in [3.63, 3.8) is 0 Å². The summed E-state index contributed by atoms with van der Waals surface area (Å²) in [5.41, 5.74) is 2.34. The highest BCUT2D eigenvalue weighted by molar-refractivity contribution is 5.34. The molecule has 0 fully saturated rings. The maximum absolute atomic E-state index is 5.43. The van der Waals surface area contributed by atoms with Crippen LogP contribution >= 0.6 is 0 Å². The molecule has 0 radical (unpaired) electrons. The summed E-state index contributed by atoms with van der Waals surface area (Å²) in [6.07, 6.45) is 7.48. The molecule has 0 aliphatic carbocycles. The predicted octanol–water partition coefficient (Wildman–Crippen LogP) is 1.38. The molecule has 1 rings (SSSR count). The van der Waals surface area contributed by atoms with Crippen LogP contribution in [0.15, 0.2) is 6.33 Å². The minimum atomic E-state index is -0.343. The Morgan fingerprint density at radius 1 is 1.35 bits per heavy atom. The van der Waals surface area contributed by atoms with Gasteiger partial charge in [-0.15, -0.1) is 6.42 Å². The number of hydrogen-bond donors (Lipinski definition) is 3. The van der Waals surface area contributed by atoms with E-state index in [1.165, 1.54) is 6.33 Å². The van der Waals surface area contributed by atoms with Gasteiger partial charge in [-0.25, -0.2) is 10.5 Å². The van der Waals surface area contributed by atoms with Gasteiger partial charge < -0.3 is 5.32 Å². The Kier molecular flexibility index (Phi) is 6.15. The summed E-state index contributed by atoms with van der Waals surface area (Å²) in [5, 5.41) is 6.14. The van der Waals surface area contributed by atoms with Crippen LogP contribution in [0, 0.1) is 12.3 Å². The van der Waals surface area contributed by atoms with Crippen LogP contribution in [0.25, 0.3) is 0 Å². The van der Waals surface area contributed by atoms with Gasteiger partial charge in [0.1, 0.15) is 12.5 Å². The topological polar surface area (TPSA) is 84.0 Å². The third kappa shape index (κ3) is 6.31. The molecular formula is C13H22N6O. The van der Waals surface area contributed by atoms with E-state index in [0.717, 1.165) is 13.0 Å². The lowest BCUT2D eigenvalue weighted by Crippen LogP contribution is -2.36. The van der Waals surface area contributed by atoms with Crippen molar-refractivity contribution in [2.24, 2.45) is 0 Å². The van der Waals surface area contributed by atoms with Gasteiger partial charge in [0.05, 0.1) is 5.60 Å². The molecular weight excluding hydrogens is 256 g/mol. The quantitative estimate of drug-likeness (QED) is 0.395. The molecule has 0 bridgehead atoms. The van der Waals surface area contributed by atoms with Crippen LogP contribution in [0.2, 0.25) is 0 Å². The molecule has 0 spiro atoms. The lowest BCUT2D eigenvalue weighted by Gasteiger charge is -2.19. The molecule has 3 N–H and O–H groups in total. The van der Waals surface area contributed by atoms with Gasteiger partial charge in [0.15, 0.2) is 0 Å². The molecule has 0 saturated heterocycles. The summed E-state index contributed by atoms with van der Waals surface area (Å²) in [4.78, 5) is 17.5. The highest BCUT2D eigenvalue weighted by Crippen LogP contribution is 2.09. The van der Waals surface area contributed by atoms with Crippen molar-refractivity contribution < 1.29 is 4.84 Å². The zero-order valence-corrected chi connectivity index (χ0v) is 12.4. The lowest BCUT2D eigenvalue weighted by atomic mass is 10.2. The Labute approximate surface area is 119 Å². The number of nitrogens with one attached hydrogen (secondary N) is 3. The average molecular weight is 278 g/mol. The molecule has 1 unspecified atom stereocenters. The zero-order valence-electron chi connectivity index (χ0n) is 12.4. The van der Waals surface area contributed by atoms with Crippen LogP contribution < -0.4 is 16.1 Å². The largest absolute Gasteiger partial charge is 0.328 e. The van der Waals surface area contributed by atoms with Crippen LogP contribution in [0.1, 0.15) is 34.1 Å². The predicted molar refractivity (Wildman–Crippen MR) is 78.8 cm³/mol. The molecule has 1 heterocycles. The highest BCUT2D eigenvalue weighted by atomic mass is 16.7. The molecule has 0 saturated carbocycles. The molecule has 0 aliphatic rings. The van der Waals surface area contributed by atoms with Crippen molar-refractivity contribution in [3.8, 4) is 12.3 Å². The van der Waals surface area contributed by atoms with Gasteiger partial charge in [-0.05, 0) is 33.7 Å². The summed E-state index contributed by atoms with van der Waals surface area (Å²) in [6.45, 7) is 8.64. The Morgan fingerprint density at radius 3 is 2.65 bits per heavy atom. The smallest absolute Gasteiger partial charge is 0.251 e. The van der Waals surface area contributed by atoms with E-state index in [0.29, 0.717) is 11.9 Å². The van der Waals surface area contributed by atoms with Crippen LogP contribution in [-0.2, 0) is 4.84 Å². The van der Waals surface area contributed by atoms with E-state index in [1.54, 1.807) is 0 Å². The average Bonchev–Trinajstić information content (AvgIpc) is 2.41. The number of nitrogens with zero attached hydrogens (tertiary/aromatic N) is 3. The first kappa shape index (κ1) is 16.1. The first-order valence-corrected chi connectivity index (χ1v) is 6.53. The van der Waals surface area contributed by atoms with Crippen LogP contribution in [0.4, 0.5) is 11.9 Å². The number of aromatic nitrogens is 3. The molecule has 20 heavy (non-hydrogen) atoms. The van der Waals surface area contributed by atoms with Gasteiger partial charge in [-0.1, -0.05) is 12.8 Å². The maximum atomic E-state index is 5.43. The molecule has 0 aliphatic heterocycles. The second-order valence-corrected chi connectivity index (χ2v) is 5.15. The van der Waals surface area contributed by atoms with Crippen molar-refractivity contribution in [2.75, 3.05) is 17.3 Å². The normalized spacial score (nSPS) is 12.6. The lowest BCUT2D eigenvalue weighted by molar-refractivity contribution is 0.0358. The van der Waals surface area contributed by atoms with Gasteiger partial charge in [0, 0.05) is 0 Å². The van der Waals surface area contributed by atoms with Crippen molar-refractivity contribution in [3.05, 3.63) is 6.33 Å². The standard InChI is InChI=1S/C13H22N6O/c1-6-8-14-10(7-2)17-11-15-9-16-12(18-11)19-20-13(3,4)5/h2,9-10,14H,6,8H2,1,3-5H3,(H2,15,16,17,18,19). The summed E-state index contributed by atoms with van der Waals surface area (Å²) < 4.78 is 0. The number of anilines is 2. The molecule has 1 aromatic rings. The Balaban J connectivity index is 2.61. The van der Waals surface area contributed by atoms with E-state index in [9.17, 15) is 0 Å². The van der Waals surface area contributed by atoms with Crippen LogP contribution in [0.5, 0.6) is 0 Å². The molecule has 1 aromatic heterocycles. The van der Waals surface area contributed by atoms with Gasteiger partial charge >= 0.3 is 0 Å².